The van der Waals surface area contributed by atoms with Crippen molar-refractivity contribution in [2.24, 2.45) is 0 Å². The van der Waals surface area contributed by atoms with Gasteiger partial charge in [-0.3, -0.25) is 19.4 Å². The summed E-state index contributed by atoms with van der Waals surface area (Å²) in [6, 6.07) is 7.18. The van der Waals surface area contributed by atoms with Crippen LogP contribution in [-0.2, 0) is 22.6 Å². The number of likely N-dealkylation sites (N-methyl/N-ethyl adjacent to an activating group) is 1. The van der Waals surface area contributed by atoms with Crippen molar-refractivity contribution < 1.29 is 18.8 Å². The van der Waals surface area contributed by atoms with Gasteiger partial charge in [0.1, 0.15) is 11.3 Å². The first-order valence-corrected chi connectivity index (χ1v) is 7.75. The lowest BCUT2D eigenvalue weighted by atomic mass is 10.1. The second-order valence-corrected chi connectivity index (χ2v) is 5.89. The van der Waals surface area contributed by atoms with Gasteiger partial charge in [-0.1, -0.05) is 25.1 Å². The first-order valence-electron chi connectivity index (χ1n) is 7.75. The van der Waals surface area contributed by atoms with Crippen molar-refractivity contribution in [3.63, 3.8) is 0 Å². The van der Waals surface area contributed by atoms with Crippen LogP contribution in [0.5, 0.6) is 0 Å². The number of carbonyl (C=O) groups is 3. The van der Waals surface area contributed by atoms with Gasteiger partial charge in [0.25, 0.3) is 0 Å². The van der Waals surface area contributed by atoms with E-state index < -0.39 is 17.8 Å². The predicted octanol–water partition coefficient (Wildman–Crippen LogP) is 1.81. The summed E-state index contributed by atoms with van der Waals surface area (Å²) in [6.07, 6.45) is 0.751. The maximum atomic E-state index is 12.0. The summed E-state index contributed by atoms with van der Waals surface area (Å²) in [5.41, 5.74) is 1.86. The largest absolute Gasteiger partial charge is 0.461 e. The monoisotopic (exact) mass is 329 g/mol. The maximum absolute atomic E-state index is 12.0. The van der Waals surface area contributed by atoms with Gasteiger partial charge in [-0.15, -0.1) is 0 Å². The topological polar surface area (TPSA) is 74.1 Å². The van der Waals surface area contributed by atoms with Crippen LogP contribution in [0, 0.1) is 0 Å². The number of hydrogen-bond donors (Lipinski definition) is 0. The molecule has 126 valence electrons. The Morgan fingerprint density at radius 2 is 1.83 bits per heavy atom. The molecule has 1 aromatic heterocycles. The molecule has 2 aromatic rings. The zero-order chi connectivity index (χ0) is 17.4. The van der Waals surface area contributed by atoms with Crippen LogP contribution in [0.3, 0.4) is 0 Å². The summed E-state index contributed by atoms with van der Waals surface area (Å²) in [5, 5.41) is 1.02. The standard InChI is InChI=1S/C17H19N3O4/c1-4-13-12(11-7-5-6-8-14(11)24-13)9-18(2)10-20-16(22)15(21)19(3)17(20)23/h5-8H,4,9-10H2,1-3H3. The Bertz CT molecular complexity index is 826. The molecule has 0 N–H and O–H groups in total. The smallest absolute Gasteiger partial charge is 0.335 e. The van der Waals surface area contributed by atoms with E-state index in [0.717, 1.165) is 38.5 Å². The number of furan rings is 1. The van der Waals surface area contributed by atoms with Crippen molar-refractivity contribution in [3.05, 3.63) is 35.6 Å². The number of fused-ring (bicyclic) bond motifs is 1. The van der Waals surface area contributed by atoms with Gasteiger partial charge in [0.2, 0.25) is 0 Å². The summed E-state index contributed by atoms with van der Waals surface area (Å²) < 4.78 is 5.86. The average molecular weight is 329 g/mol. The number of amides is 4. The van der Waals surface area contributed by atoms with Crippen molar-refractivity contribution in [1.29, 1.82) is 0 Å². The zero-order valence-electron chi connectivity index (χ0n) is 13.9. The molecule has 0 bridgehead atoms. The summed E-state index contributed by atoms with van der Waals surface area (Å²) >= 11 is 0. The number of rotatable bonds is 5. The molecule has 1 saturated heterocycles. The fourth-order valence-corrected chi connectivity index (χ4v) is 2.91. The number of para-hydroxylation sites is 1. The summed E-state index contributed by atoms with van der Waals surface area (Å²) in [7, 11) is 3.10. The molecule has 4 amide bonds. The molecule has 7 heteroatoms. The van der Waals surface area contributed by atoms with Crippen LogP contribution >= 0.6 is 0 Å². The average Bonchev–Trinajstić information content (AvgIpc) is 3.02. The number of hydrogen-bond acceptors (Lipinski definition) is 5. The first-order chi connectivity index (χ1) is 11.4. The fraction of sp³-hybridized carbons (Fsp3) is 0.353. The number of urea groups is 1. The Hall–Kier alpha value is -2.67. The first kappa shape index (κ1) is 16.2. The molecule has 1 fully saturated rings. The van der Waals surface area contributed by atoms with Gasteiger partial charge in [0, 0.05) is 31.0 Å². The predicted molar refractivity (Wildman–Crippen MR) is 86.9 cm³/mol. The second-order valence-electron chi connectivity index (χ2n) is 5.89. The van der Waals surface area contributed by atoms with E-state index in [1.165, 1.54) is 7.05 Å². The lowest BCUT2D eigenvalue weighted by Gasteiger charge is -2.22. The van der Waals surface area contributed by atoms with Gasteiger partial charge < -0.3 is 4.42 Å². The van der Waals surface area contributed by atoms with Crippen molar-refractivity contribution in [2.75, 3.05) is 20.8 Å². The quantitative estimate of drug-likeness (QED) is 0.618. The summed E-state index contributed by atoms with van der Waals surface area (Å²) in [6.45, 7) is 2.58. The highest BCUT2D eigenvalue weighted by Gasteiger charge is 2.42. The van der Waals surface area contributed by atoms with E-state index in [2.05, 4.69) is 0 Å². The van der Waals surface area contributed by atoms with Crippen molar-refractivity contribution in [1.82, 2.24) is 14.7 Å². The van der Waals surface area contributed by atoms with Crippen LogP contribution in [0.15, 0.2) is 28.7 Å². The molecule has 0 saturated carbocycles. The van der Waals surface area contributed by atoms with Gasteiger partial charge in [-0.25, -0.2) is 9.69 Å². The number of benzene rings is 1. The van der Waals surface area contributed by atoms with Crippen LogP contribution in [0.25, 0.3) is 11.0 Å². The van der Waals surface area contributed by atoms with Gasteiger partial charge >= 0.3 is 17.8 Å². The van der Waals surface area contributed by atoms with Crippen LogP contribution in [0.1, 0.15) is 18.2 Å². The molecule has 7 nitrogen and oxygen atoms in total. The highest BCUT2D eigenvalue weighted by molar-refractivity contribution is 6.44. The SMILES string of the molecule is CCc1oc2ccccc2c1CN(C)CN1C(=O)C(=O)N(C)C1=O. The molecule has 1 aromatic carbocycles. The molecular weight excluding hydrogens is 310 g/mol. The van der Waals surface area contributed by atoms with Crippen molar-refractivity contribution in [2.45, 2.75) is 19.9 Å². The molecule has 24 heavy (non-hydrogen) atoms. The third kappa shape index (κ3) is 2.56. The molecule has 0 radical (unpaired) electrons. The lowest BCUT2D eigenvalue weighted by Crippen LogP contribution is -2.40. The Labute approximate surface area is 139 Å². The van der Waals surface area contributed by atoms with Crippen molar-refractivity contribution in [3.8, 4) is 0 Å². The van der Waals surface area contributed by atoms with E-state index in [-0.39, 0.29) is 6.67 Å². The molecule has 0 spiro atoms. The molecule has 2 heterocycles. The Balaban J connectivity index is 1.81. The van der Waals surface area contributed by atoms with Crippen LogP contribution in [-0.4, -0.2) is 53.3 Å². The molecule has 1 aliphatic heterocycles. The Morgan fingerprint density at radius 1 is 1.12 bits per heavy atom. The molecular formula is C17H19N3O4. The molecule has 0 atom stereocenters. The van der Waals surface area contributed by atoms with Crippen LogP contribution < -0.4 is 0 Å². The minimum atomic E-state index is -0.795. The lowest BCUT2D eigenvalue weighted by molar-refractivity contribution is -0.143. The van der Waals surface area contributed by atoms with E-state index in [9.17, 15) is 14.4 Å². The van der Waals surface area contributed by atoms with Gasteiger partial charge in [-0.2, -0.15) is 0 Å². The van der Waals surface area contributed by atoms with E-state index in [1.54, 1.807) is 7.05 Å². The fourth-order valence-electron chi connectivity index (χ4n) is 2.91. The highest BCUT2D eigenvalue weighted by atomic mass is 16.3. The highest BCUT2D eigenvalue weighted by Crippen LogP contribution is 2.27. The third-order valence-electron chi connectivity index (χ3n) is 4.16. The minimum Gasteiger partial charge on any atom is -0.461 e. The second kappa shape index (κ2) is 6.09. The van der Waals surface area contributed by atoms with E-state index in [0.29, 0.717) is 6.54 Å². The van der Waals surface area contributed by atoms with Crippen LogP contribution in [0.4, 0.5) is 4.79 Å². The van der Waals surface area contributed by atoms with Gasteiger partial charge in [0.05, 0.1) is 6.67 Å². The summed E-state index contributed by atoms with van der Waals surface area (Å²) in [5.74, 6) is -0.700. The number of carbonyl (C=O) groups excluding carboxylic acids is 3. The molecule has 0 unspecified atom stereocenters. The molecule has 0 aliphatic carbocycles. The van der Waals surface area contributed by atoms with Gasteiger partial charge in [-0.05, 0) is 13.1 Å². The number of nitrogens with zero attached hydrogens (tertiary/aromatic N) is 3. The third-order valence-corrected chi connectivity index (χ3v) is 4.16. The Morgan fingerprint density at radius 3 is 2.46 bits per heavy atom. The minimum absolute atomic E-state index is 0.0520. The molecule has 3 rings (SSSR count). The van der Waals surface area contributed by atoms with E-state index in [1.807, 2.05) is 36.1 Å². The Kier molecular flexibility index (Phi) is 4.11. The van der Waals surface area contributed by atoms with Crippen LogP contribution in [0.2, 0.25) is 0 Å². The molecule has 1 aliphatic rings. The summed E-state index contributed by atoms with van der Waals surface area (Å²) in [4.78, 5) is 39.0. The maximum Gasteiger partial charge on any atom is 0.335 e. The normalized spacial score (nSPS) is 15.4. The van der Waals surface area contributed by atoms with E-state index >= 15 is 0 Å². The van der Waals surface area contributed by atoms with E-state index in [4.69, 9.17) is 4.42 Å². The van der Waals surface area contributed by atoms with Crippen molar-refractivity contribution >= 4 is 28.8 Å². The number of aryl methyl sites for hydroxylation is 1. The zero-order valence-corrected chi connectivity index (χ0v) is 13.9. The van der Waals surface area contributed by atoms with Gasteiger partial charge in [0.15, 0.2) is 0 Å². The number of imide groups is 2.